The zero-order valence-corrected chi connectivity index (χ0v) is 17.4. The maximum atomic E-state index is 12.1. The third-order valence-electron chi connectivity index (χ3n) is 3.72. The number of nitrogens with zero attached hydrogens (tertiary/aromatic N) is 3. The Morgan fingerprint density at radius 3 is 2.52 bits per heavy atom. The maximum Gasteiger partial charge on any atom is 0.234 e. The van der Waals surface area contributed by atoms with Gasteiger partial charge in [0.2, 0.25) is 5.91 Å². The minimum Gasteiger partial charge on any atom is -0.494 e. The molecule has 1 N–H and O–H groups in total. The Morgan fingerprint density at radius 1 is 1.15 bits per heavy atom. The van der Waals surface area contributed by atoms with Crippen LogP contribution >= 0.6 is 27.7 Å². The van der Waals surface area contributed by atoms with Crippen LogP contribution in [0, 0.1) is 0 Å². The molecule has 0 fully saturated rings. The van der Waals surface area contributed by atoms with E-state index in [1.165, 1.54) is 11.8 Å². The minimum atomic E-state index is -0.0899. The van der Waals surface area contributed by atoms with Crippen molar-refractivity contribution in [2.24, 2.45) is 7.05 Å². The van der Waals surface area contributed by atoms with Crippen LogP contribution in [0.2, 0.25) is 0 Å². The molecule has 1 heterocycles. The normalized spacial score (nSPS) is 10.6. The van der Waals surface area contributed by atoms with Crippen molar-refractivity contribution in [2.45, 2.75) is 12.1 Å². The molecule has 1 aromatic heterocycles. The highest BCUT2D eigenvalue weighted by Crippen LogP contribution is 2.24. The highest BCUT2D eigenvalue weighted by molar-refractivity contribution is 9.10. The second kappa shape index (κ2) is 9.05. The molecule has 27 heavy (non-hydrogen) atoms. The van der Waals surface area contributed by atoms with Crippen LogP contribution in [0.1, 0.15) is 6.92 Å². The Bertz CT molecular complexity index is 910. The SMILES string of the molecule is CCOc1ccc(-c2nnc(SCC(=O)Nc3ccc(Br)cc3)n2C)cc1. The number of halogens is 1. The summed E-state index contributed by atoms with van der Waals surface area (Å²) in [7, 11) is 1.89. The highest BCUT2D eigenvalue weighted by Gasteiger charge is 2.13. The van der Waals surface area contributed by atoms with Crippen molar-refractivity contribution in [1.82, 2.24) is 14.8 Å². The second-order valence-corrected chi connectivity index (χ2v) is 7.52. The van der Waals surface area contributed by atoms with Gasteiger partial charge in [-0.05, 0) is 55.5 Å². The van der Waals surface area contributed by atoms with Gasteiger partial charge in [0.1, 0.15) is 5.75 Å². The van der Waals surface area contributed by atoms with Crippen molar-refractivity contribution in [1.29, 1.82) is 0 Å². The molecule has 0 atom stereocenters. The average molecular weight is 447 g/mol. The van der Waals surface area contributed by atoms with E-state index < -0.39 is 0 Å². The molecule has 8 heteroatoms. The van der Waals surface area contributed by atoms with Crippen LogP contribution in [0.25, 0.3) is 11.4 Å². The van der Waals surface area contributed by atoms with Crippen LogP contribution < -0.4 is 10.1 Å². The van der Waals surface area contributed by atoms with Crippen LogP contribution in [0.3, 0.4) is 0 Å². The number of hydrogen-bond donors (Lipinski definition) is 1. The molecule has 140 valence electrons. The molecule has 0 bridgehead atoms. The number of amides is 1. The number of benzene rings is 2. The lowest BCUT2D eigenvalue weighted by Crippen LogP contribution is -2.14. The topological polar surface area (TPSA) is 69.0 Å². The van der Waals surface area contributed by atoms with Crippen molar-refractivity contribution < 1.29 is 9.53 Å². The molecule has 0 aliphatic rings. The number of hydrogen-bond acceptors (Lipinski definition) is 5. The molecule has 6 nitrogen and oxygen atoms in total. The summed E-state index contributed by atoms with van der Waals surface area (Å²) in [5.74, 6) is 1.73. The molecular formula is C19H19BrN4O2S. The summed E-state index contributed by atoms with van der Waals surface area (Å²) in [5, 5.41) is 12.0. The molecule has 0 saturated carbocycles. The summed E-state index contributed by atoms with van der Waals surface area (Å²) < 4.78 is 8.31. The number of rotatable bonds is 7. The molecule has 0 radical (unpaired) electrons. The number of aromatic nitrogens is 3. The average Bonchev–Trinajstić information content (AvgIpc) is 3.03. The number of thioether (sulfide) groups is 1. The molecule has 0 spiro atoms. The first kappa shape index (κ1) is 19.4. The Labute approximate surface area is 170 Å². The Morgan fingerprint density at radius 2 is 1.85 bits per heavy atom. The van der Waals surface area contributed by atoms with Crippen molar-refractivity contribution in [3.63, 3.8) is 0 Å². The minimum absolute atomic E-state index is 0.0899. The van der Waals surface area contributed by atoms with Crippen LogP contribution in [0.5, 0.6) is 5.75 Å². The van der Waals surface area contributed by atoms with Gasteiger partial charge in [0, 0.05) is 22.8 Å². The summed E-state index contributed by atoms with van der Waals surface area (Å²) in [6, 6.07) is 15.2. The van der Waals surface area contributed by atoms with Crippen LogP contribution in [-0.4, -0.2) is 33.0 Å². The summed E-state index contributed by atoms with van der Waals surface area (Å²) in [5.41, 5.74) is 1.71. The predicted molar refractivity (Wildman–Crippen MR) is 111 cm³/mol. The number of carbonyl (C=O) groups is 1. The summed E-state index contributed by atoms with van der Waals surface area (Å²) in [6.45, 7) is 2.58. The summed E-state index contributed by atoms with van der Waals surface area (Å²) in [6.07, 6.45) is 0. The van der Waals surface area contributed by atoms with Gasteiger partial charge in [-0.15, -0.1) is 10.2 Å². The third kappa shape index (κ3) is 5.11. The molecule has 2 aromatic carbocycles. The molecule has 0 aliphatic carbocycles. The van der Waals surface area contributed by atoms with Crippen LogP contribution in [0.15, 0.2) is 58.2 Å². The van der Waals surface area contributed by atoms with Crippen molar-refractivity contribution >= 4 is 39.3 Å². The molecular weight excluding hydrogens is 428 g/mol. The lowest BCUT2D eigenvalue weighted by Gasteiger charge is -2.07. The first-order valence-corrected chi connectivity index (χ1v) is 10.2. The quantitative estimate of drug-likeness (QED) is 0.545. The smallest absolute Gasteiger partial charge is 0.234 e. The van der Waals surface area contributed by atoms with E-state index in [4.69, 9.17) is 4.74 Å². The molecule has 0 saturated heterocycles. The first-order chi connectivity index (χ1) is 13.1. The highest BCUT2D eigenvalue weighted by atomic mass is 79.9. The Kier molecular flexibility index (Phi) is 6.52. The van der Waals surface area contributed by atoms with Crippen LogP contribution in [-0.2, 0) is 11.8 Å². The molecule has 3 rings (SSSR count). The molecule has 0 aliphatic heterocycles. The number of ether oxygens (including phenoxy) is 1. The number of anilines is 1. The van der Waals surface area contributed by atoms with Crippen molar-refractivity contribution in [2.75, 3.05) is 17.7 Å². The Balaban J connectivity index is 1.61. The largest absolute Gasteiger partial charge is 0.494 e. The van der Waals surface area contributed by atoms with Gasteiger partial charge in [-0.25, -0.2) is 0 Å². The predicted octanol–water partition coefficient (Wildman–Crippen LogP) is 4.37. The fourth-order valence-corrected chi connectivity index (χ4v) is 3.39. The Hall–Kier alpha value is -2.32. The van der Waals surface area contributed by atoms with Gasteiger partial charge in [0.05, 0.1) is 12.4 Å². The van der Waals surface area contributed by atoms with E-state index in [0.29, 0.717) is 11.8 Å². The van der Waals surface area contributed by atoms with Crippen molar-refractivity contribution in [3.8, 4) is 17.1 Å². The van der Waals surface area contributed by atoms with E-state index in [2.05, 4.69) is 31.4 Å². The molecule has 3 aromatic rings. The summed E-state index contributed by atoms with van der Waals surface area (Å²) >= 11 is 4.72. The summed E-state index contributed by atoms with van der Waals surface area (Å²) in [4.78, 5) is 12.1. The second-order valence-electron chi connectivity index (χ2n) is 5.67. The fourth-order valence-electron chi connectivity index (χ4n) is 2.42. The van der Waals surface area contributed by atoms with Crippen molar-refractivity contribution in [3.05, 3.63) is 53.0 Å². The monoisotopic (exact) mass is 446 g/mol. The van der Waals surface area contributed by atoms with E-state index in [1.54, 1.807) is 0 Å². The van der Waals surface area contributed by atoms with Gasteiger partial charge < -0.3 is 14.6 Å². The molecule has 1 amide bonds. The van der Waals surface area contributed by atoms with Gasteiger partial charge in [-0.1, -0.05) is 27.7 Å². The van der Waals surface area contributed by atoms with Crippen LogP contribution in [0.4, 0.5) is 5.69 Å². The van der Waals surface area contributed by atoms with Gasteiger partial charge in [0.25, 0.3) is 0 Å². The van der Waals surface area contributed by atoms with E-state index in [0.717, 1.165) is 27.3 Å². The maximum absolute atomic E-state index is 12.1. The number of nitrogens with one attached hydrogen (secondary N) is 1. The molecule has 0 unspecified atom stereocenters. The first-order valence-electron chi connectivity index (χ1n) is 8.37. The van der Waals surface area contributed by atoms with Gasteiger partial charge >= 0.3 is 0 Å². The van der Waals surface area contributed by atoms with E-state index in [1.807, 2.05) is 67.1 Å². The number of carbonyl (C=O) groups excluding carboxylic acids is 1. The van der Waals surface area contributed by atoms with E-state index >= 15 is 0 Å². The van der Waals surface area contributed by atoms with E-state index in [9.17, 15) is 4.79 Å². The lowest BCUT2D eigenvalue weighted by molar-refractivity contribution is -0.113. The lowest BCUT2D eigenvalue weighted by atomic mass is 10.2. The zero-order valence-electron chi connectivity index (χ0n) is 15.0. The van der Waals surface area contributed by atoms with Gasteiger partial charge in [0.15, 0.2) is 11.0 Å². The van der Waals surface area contributed by atoms with Gasteiger partial charge in [-0.3, -0.25) is 4.79 Å². The standard InChI is InChI=1S/C19H19BrN4O2S/c1-3-26-16-10-4-13(5-11-16)18-22-23-19(24(18)2)27-12-17(25)21-15-8-6-14(20)7-9-15/h4-11H,3,12H2,1-2H3,(H,21,25). The van der Waals surface area contributed by atoms with E-state index in [-0.39, 0.29) is 11.7 Å². The zero-order chi connectivity index (χ0) is 19.2. The third-order valence-corrected chi connectivity index (χ3v) is 5.27. The fraction of sp³-hybridized carbons (Fsp3) is 0.211. The van der Waals surface area contributed by atoms with Gasteiger partial charge in [-0.2, -0.15) is 0 Å².